The largest absolute Gasteiger partial charge is 0.497 e. The topological polar surface area (TPSA) is 59.6 Å². The Balaban J connectivity index is 1.89. The molecular formula is C16H25N3O. The quantitative estimate of drug-likeness (QED) is 0.618. The standard InChI is InChI=1S/C16H25N3O/c1-3-9-16(10-4-11-16)12-18-15(17)19-13-5-7-14(20-2)8-6-13/h5-8H,3-4,9-12H2,1-2H3,(H3,17,18,19). The number of nitrogens with two attached hydrogens (primary N) is 1. The van der Waals surface area contributed by atoms with Gasteiger partial charge in [0.2, 0.25) is 0 Å². The maximum absolute atomic E-state index is 5.97. The van der Waals surface area contributed by atoms with Crippen LogP contribution in [0.3, 0.4) is 0 Å². The zero-order valence-electron chi connectivity index (χ0n) is 12.5. The number of aliphatic imine (C=N–C) groups is 1. The summed E-state index contributed by atoms with van der Waals surface area (Å²) in [5, 5.41) is 3.13. The summed E-state index contributed by atoms with van der Waals surface area (Å²) in [5.74, 6) is 1.33. The molecule has 1 aliphatic rings. The molecule has 3 N–H and O–H groups in total. The van der Waals surface area contributed by atoms with Gasteiger partial charge in [-0.15, -0.1) is 0 Å². The van der Waals surface area contributed by atoms with E-state index >= 15 is 0 Å². The van der Waals surface area contributed by atoms with E-state index in [4.69, 9.17) is 10.5 Å². The van der Waals surface area contributed by atoms with Crippen molar-refractivity contribution in [3.8, 4) is 5.75 Å². The fraction of sp³-hybridized carbons (Fsp3) is 0.562. The molecule has 0 bridgehead atoms. The third-order valence-electron chi connectivity index (χ3n) is 4.14. The summed E-state index contributed by atoms with van der Waals surface area (Å²) in [7, 11) is 1.66. The molecule has 110 valence electrons. The molecule has 0 aromatic heterocycles. The monoisotopic (exact) mass is 275 g/mol. The highest BCUT2D eigenvalue weighted by molar-refractivity contribution is 5.92. The van der Waals surface area contributed by atoms with E-state index in [-0.39, 0.29) is 0 Å². The number of methoxy groups -OCH3 is 1. The van der Waals surface area contributed by atoms with Crippen molar-refractivity contribution < 1.29 is 4.74 Å². The van der Waals surface area contributed by atoms with E-state index in [2.05, 4.69) is 17.2 Å². The minimum atomic E-state index is 0.418. The normalized spacial score (nSPS) is 17.4. The molecule has 0 atom stereocenters. The molecule has 0 unspecified atom stereocenters. The molecular weight excluding hydrogens is 250 g/mol. The smallest absolute Gasteiger partial charge is 0.193 e. The molecule has 1 fully saturated rings. The Morgan fingerprint density at radius 3 is 2.55 bits per heavy atom. The summed E-state index contributed by atoms with van der Waals surface area (Å²) < 4.78 is 5.13. The summed E-state index contributed by atoms with van der Waals surface area (Å²) in [4.78, 5) is 4.53. The van der Waals surface area contributed by atoms with Gasteiger partial charge in [-0.25, -0.2) is 0 Å². The van der Waals surface area contributed by atoms with Gasteiger partial charge in [0.15, 0.2) is 5.96 Å². The van der Waals surface area contributed by atoms with Gasteiger partial charge >= 0.3 is 0 Å². The van der Waals surface area contributed by atoms with Crippen molar-refractivity contribution in [2.45, 2.75) is 39.0 Å². The fourth-order valence-corrected chi connectivity index (χ4v) is 2.81. The average molecular weight is 275 g/mol. The van der Waals surface area contributed by atoms with Crippen LogP contribution in [-0.4, -0.2) is 19.6 Å². The summed E-state index contributed by atoms with van der Waals surface area (Å²) >= 11 is 0. The van der Waals surface area contributed by atoms with Crippen molar-refractivity contribution in [2.24, 2.45) is 16.1 Å². The minimum absolute atomic E-state index is 0.418. The van der Waals surface area contributed by atoms with E-state index in [1.807, 2.05) is 24.3 Å². The van der Waals surface area contributed by atoms with Crippen LogP contribution >= 0.6 is 0 Å². The number of nitrogens with one attached hydrogen (secondary N) is 1. The molecule has 1 aromatic rings. The Morgan fingerprint density at radius 1 is 1.35 bits per heavy atom. The van der Waals surface area contributed by atoms with Gasteiger partial charge in [0.1, 0.15) is 5.75 Å². The Bertz CT molecular complexity index is 449. The third kappa shape index (κ3) is 3.65. The van der Waals surface area contributed by atoms with E-state index in [1.165, 1.54) is 32.1 Å². The predicted molar refractivity (Wildman–Crippen MR) is 84.3 cm³/mol. The Labute approximate surface area is 121 Å². The maximum Gasteiger partial charge on any atom is 0.193 e. The lowest BCUT2D eigenvalue weighted by molar-refractivity contribution is 0.130. The SMILES string of the molecule is CCCC1(CN=C(N)Nc2ccc(OC)cc2)CCC1. The molecule has 0 amide bonds. The van der Waals surface area contributed by atoms with Crippen LogP contribution in [0.25, 0.3) is 0 Å². The molecule has 4 nitrogen and oxygen atoms in total. The second-order valence-corrected chi connectivity index (χ2v) is 5.66. The Kier molecular flexibility index (Phi) is 4.88. The Morgan fingerprint density at radius 2 is 2.05 bits per heavy atom. The average Bonchev–Trinajstić information content (AvgIpc) is 2.42. The summed E-state index contributed by atoms with van der Waals surface area (Å²) in [6, 6.07) is 7.68. The number of ether oxygens (including phenoxy) is 1. The highest BCUT2D eigenvalue weighted by Crippen LogP contribution is 2.44. The van der Waals surface area contributed by atoms with Crippen LogP contribution in [0.2, 0.25) is 0 Å². The van der Waals surface area contributed by atoms with Crippen LogP contribution in [0.4, 0.5) is 5.69 Å². The molecule has 1 aromatic carbocycles. The lowest BCUT2D eigenvalue weighted by Gasteiger charge is -2.40. The van der Waals surface area contributed by atoms with Gasteiger partial charge in [-0.3, -0.25) is 4.99 Å². The Hall–Kier alpha value is -1.71. The molecule has 2 rings (SSSR count). The van der Waals surface area contributed by atoms with Crippen LogP contribution in [0, 0.1) is 5.41 Å². The van der Waals surface area contributed by atoms with Gasteiger partial charge in [0.05, 0.1) is 7.11 Å². The first-order valence-corrected chi connectivity index (χ1v) is 7.38. The molecule has 0 aliphatic heterocycles. The van der Waals surface area contributed by atoms with Crippen LogP contribution in [0.15, 0.2) is 29.3 Å². The van der Waals surface area contributed by atoms with Crippen molar-refractivity contribution >= 4 is 11.6 Å². The molecule has 1 aliphatic carbocycles. The van der Waals surface area contributed by atoms with E-state index in [1.54, 1.807) is 7.11 Å². The van der Waals surface area contributed by atoms with E-state index in [0.29, 0.717) is 11.4 Å². The number of hydrogen-bond acceptors (Lipinski definition) is 2. The zero-order chi connectivity index (χ0) is 14.4. The lowest BCUT2D eigenvalue weighted by atomic mass is 9.66. The second kappa shape index (κ2) is 6.64. The number of rotatable bonds is 6. The third-order valence-corrected chi connectivity index (χ3v) is 4.14. The highest BCUT2D eigenvalue weighted by atomic mass is 16.5. The zero-order valence-corrected chi connectivity index (χ0v) is 12.5. The first-order chi connectivity index (χ1) is 9.67. The highest BCUT2D eigenvalue weighted by Gasteiger charge is 2.35. The van der Waals surface area contributed by atoms with Crippen LogP contribution in [0.1, 0.15) is 39.0 Å². The van der Waals surface area contributed by atoms with Gasteiger partial charge in [-0.2, -0.15) is 0 Å². The first-order valence-electron chi connectivity index (χ1n) is 7.38. The van der Waals surface area contributed by atoms with Gasteiger partial charge < -0.3 is 15.8 Å². The number of benzene rings is 1. The fourth-order valence-electron chi connectivity index (χ4n) is 2.81. The van der Waals surface area contributed by atoms with Crippen molar-refractivity contribution in [2.75, 3.05) is 19.0 Å². The maximum atomic E-state index is 5.97. The summed E-state index contributed by atoms with van der Waals surface area (Å²) in [5.41, 5.74) is 7.32. The first kappa shape index (κ1) is 14.7. The van der Waals surface area contributed by atoms with Gasteiger partial charge in [0.25, 0.3) is 0 Å². The molecule has 0 heterocycles. The number of nitrogens with zero attached hydrogens (tertiary/aromatic N) is 1. The predicted octanol–water partition coefficient (Wildman–Crippen LogP) is 3.39. The summed E-state index contributed by atoms with van der Waals surface area (Å²) in [6.45, 7) is 3.08. The van der Waals surface area contributed by atoms with E-state index in [9.17, 15) is 0 Å². The van der Waals surface area contributed by atoms with Gasteiger partial charge in [-0.1, -0.05) is 19.8 Å². The summed E-state index contributed by atoms with van der Waals surface area (Å²) in [6.07, 6.45) is 6.40. The van der Waals surface area contributed by atoms with Gasteiger partial charge in [-0.05, 0) is 48.9 Å². The van der Waals surface area contributed by atoms with E-state index < -0.39 is 0 Å². The molecule has 0 saturated heterocycles. The number of hydrogen-bond donors (Lipinski definition) is 2. The molecule has 20 heavy (non-hydrogen) atoms. The number of anilines is 1. The van der Waals surface area contributed by atoms with Crippen LogP contribution in [-0.2, 0) is 0 Å². The number of guanidine groups is 1. The second-order valence-electron chi connectivity index (χ2n) is 5.66. The lowest BCUT2D eigenvalue weighted by Crippen LogP contribution is -2.34. The van der Waals surface area contributed by atoms with Crippen molar-refractivity contribution in [1.82, 2.24) is 0 Å². The van der Waals surface area contributed by atoms with E-state index in [0.717, 1.165) is 18.0 Å². The molecule has 0 spiro atoms. The molecule has 4 heteroatoms. The van der Waals surface area contributed by atoms with Crippen LogP contribution < -0.4 is 15.8 Å². The molecule has 1 saturated carbocycles. The van der Waals surface area contributed by atoms with Crippen molar-refractivity contribution in [3.05, 3.63) is 24.3 Å². The van der Waals surface area contributed by atoms with Crippen molar-refractivity contribution in [3.63, 3.8) is 0 Å². The van der Waals surface area contributed by atoms with Gasteiger partial charge in [0, 0.05) is 12.2 Å². The van der Waals surface area contributed by atoms with Crippen LogP contribution in [0.5, 0.6) is 5.75 Å². The molecule has 0 radical (unpaired) electrons. The minimum Gasteiger partial charge on any atom is -0.497 e. The van der Waals surface area contributed by atoms with Crippen molar-refractivity contribution in [1.29, 1.82) is 0 Å².